The van der Waals surface area contributed by atoms with E-state index in [9.17, 15) is 13.2 Å². The van der Waals surface area contributed by atoms with Crippen molar-refractivity contribution in [3.8, 4) is 11.5 Å². The minimum absolute atomic E-state index is 0.0678. The second-order valence-electron chi connectivity index (χ2n) is 7.95. The number of alkyl halides is 3. The molecular weight excluding hydrogens is 469 g/mol. The normalized spacial score (nSPS) is 15.1. The van der Waals surface area contributed by atoms with E-state index >= 15 is 0 Å². The topological polar surface area (TPSA) is 58.8 Å². The van der Waals surface area contributed by atoms with Gasteiger partial charge in [-0.05, 0) is 54.1 Å². The minimum atomic E-state index is -4.61. The Morgan fingerprint density at radius 2 is 1.47 bits per heavy atom. The summed E-state index contributed by atoms with van der Waals surface area (Å²) in [7, 11) is 0. The highest BCUT2D eigenvalue weighted by atomic mass is 35.5. The Balaban J connectivity index is 1.18. The predicted molar refractivity (Wildman–Crippen MR) is 121 cm³/mol. The van der Waals surface area contributed by atoms with Gasteiger partial charge in [0.2, 0.25) is 0 Å². The monoisotopic (exact) mass is 488 g/mol. The van der Waals surface area contributed by atoms with Gasteiger partial charge in [0.05, 0.1) is 0 Å². The first kappa shape index (κ1) is 22.4. The zero-order chi connectivity index (χ0) is 23.7. The lowest BCUT2D eigenvalue weighted by Gasteiger charge is -2.35. The molecule has 1 fully saturated rings. The first-order chi connectivity index (χ1) is 16.3. The average Bonchev–Trinajstić information content (AvgIpc) is 3.26. The highest BCUT2D eigenvalue weighted by Gasteiger charge is 2.37. The molecule has 2 aromatic carbocycles. The first-order valence-corrected chi connectivity index (χ1v) is 11.0. The van der Waals surface area contributed by atoms with Gasteiger partial charge in [-0.25, -0.2) is 0 Å². The molecule has 0 radical (unpaired) electrons. The van der Waals surface area contributed by atoms with Gasteiger partial charge in [0.1, 0.15) is 17.3 Å². The molecular formula is C23H20ClF3N6O. The molecule has 11 heteroatoms. The Hall–Kier alpha value is -3.37. The quantitative estimate of drug-likeness (QED) is 0.398. The van der Waals surface area contributed by atoms with Gasteiger partial charge in [0.25, 0.3) is 5.82 Å². The van der Waals surface area contributed by atoms with Crippen molar-refractivity contribution in [2.24, 2.45) is 0 Å². The van der Waals surface area contributed by atoms with E-state index < -0.39 is 12.0 Å². The van der Waals surface area contributed by atoms with Crippen LogP contribution in [0.5, 0.6) is 11.5 Å². The summed E-state index contributed by atoms with van der Waals surface area (Å²) in [6.45, 7) is 3.60. The Morgan fingerprint density at radius 1 is 0.824 bits per heavy atom. The lowest BCUT2D eigenvalue weighted by atomic mass is 10.2. The van der Waals surface area contributed by atoms with Crippen LogP contribution < -0.4 is 9.64 Å². The molecule has 4 aromatic rings. The molecule has 7 nitrogen and oxygen atoms in total. The average molecular weight is 489 g/mol. The number of aromatic nitrogens is 4. The van der Waals surface area contributed by atoms with Gasteiger partial charge in [-0.1, -0.05) is 23.7 Å². The van der Waals surface area contributed by atoms with Crippen molar-refractivity contribution >= 4 is 23.1 Å². The largest absolute Gasteiger partial charge is 0.457 e. The number of hydrogen-bond acceptors (Lipinski definition) is 6. The number of piperazine rings is 1. The fraction of sp³-hybridized carbons (Fsp3) is 0.261. The van der Waals surface area contributed by atoms with Crippen molar-refractivity contribution in [3.63, 3.8) is 0 Å². The van der Waals surface area contributed by atoms with E-state index in [2.05, 4.69) is 20.2 Å². The van der Waals surface area contributed by atoms with Gasteiger partial charge < -0.3 is 9.64 Å². The van der Waals surface area contributed by atoms with E-state index in [1.165, 1.54) is 6.07 Å². The van der Waals surface area contributed by atoms with E-state index in [0.717, 1.165) is 35.5 Å². The highest BCUT2D eigenvalue weighted by Crippen LogP contribution is 2.28. The third kappa shape index (κ3) is 4.92. The number of benzene rings is 2. The molecule has 34 heavy (non-hydrogen) atoms. The number of anilines is 1. The lowest BCUT2D eigenvalue weighted by Crippen LogP contribution is -2.46. The fourth-order valence-electron chi connectivity index (χ4n) is 3.82. The summed E-state index contributed by atoms with van der Waals surface area (Å²) in [4.78, 5) is 4.27. The van der Waals surface area contributed by atoms with E-state index in [4.69, 9.17) is 16.3 Å². The molecule has 0 N–H and O–H groups in total. The summed E-state index contributed by atoms with van der Waals surface area (Å²) < 4.78 is 46.0. The SMILES string of the molecule is FC(F)(F)c1nnc2ccc(N3CCN(Cc4ccc(Oc5ccc(Cl)cc5)cc4)CC3)nn12. The summed E-state index contributed by atoms with van der Waals surface area (Å²) in [6.07, 6.45) is -4.61. The second kappa shape index (κ2) is 9.11. The van der Waals surface area contributed by atoms with Crippen molar-refractivity contribution in [1.29, 1.82) is 0 Å². The molecule has 0 amide bonds. The van der Waals surface area contributed by atoms with Crippen molar-refractivity contribution in [3.05, 3.63) is 77.1 Å². The minimum Gasteiger partial charge on any atom is -0.457 e. The van der Waals surface area contributed by atoms with Crippen LogP contribution >= 0.6 is 11.6 Å². The number of nitrogens with zero attached hydrogens (tertiary/aromatic N) is 6. The van der Waals surface area contributed by atoms with Gasteiger partial charge in [-0.15, -0.1) is 15.3 Å². The van der Waals surface area contributed by atoms with Crippen molar-refractivity contribution in [1.82, 2.24) is 24.7 Å². The van der Waals surface area contributed by atoms with Crippen LogP contribution in [-0.2, 0) is 12.7 Å². The van der Waals surface area contributed by atoms with Crippen LogP contribution in [0.4, 0.5) is 19.0 Å². The van der Waals surface area contributed by atoms with Crippen LogP contribution in [0.25, 0.3) is 5.65 Å². The van der Waals surface area contributed by atoms with E-state index in [1.807, 2.05) is 41.3 Å². The number of fused-ring (bicyclic) bond motifs is 1. The predicted octanol–water partition coefficient (Wildman–Crippen LogP) is 4.91. The van der Waals surface area contributed by atoms with Crippen LogP contribution in [0, 0.1) is 0 Å². The van der Waals surface area contributed by atoms with E-state index in [1.54, 1.807) is 18.2 Å². The van der Waals surface area contributed by atoms with Gasteiger partial charge in [-0.2, -0.15) is 17.7 Å². The molecule has 0 bridgehead atoms. The highest BCUT2D eigenvalue weighted by molar-refractivity contribution is 6.30. The Morgan fingerprint density at radius 3 is 2.12 bits per heavy atom. The van der Waals surface area contributed by atoms with E-state index in [-0.39, 0.29) is 5.65 Å². The Kier molecular flexibility index (Phi) is 6.01. The van der Waals surface area contributed by atoms with Crippen molar-refractivity contribution < 1.29 is 17.9 Å². The fourth-order valence-corrected chi connectivity index (χ4v) is 3.95. The standard InChI is InChI=1S/C23H20ClF3N6O/c24-17-3-7-19(8-4-17)34-18-5-1-16(2-6-18)15-31-11-13-32(14-12-31)21-10-9-20-28-29-22(23(25,26)27)33(20)30-21/h1-10H,11-15H2. The molecule has 0 unspecified atom stereocenters. The molecule has 3 heterocycles. The molecule has 176 valence electrons. The summed E-state index contributed by atoms with van der Waals surface area (Å²) in [6, 6.07) is 18.3. The zero-order valence-electron chi connectivity index (χ0n) is 17.9. The molecule has 0 spiro atoms. The maximum absolute atomic E-state index is 13.1. The summed E-state index contributed by atoms with van der Waals surface area (Å²) in [5.41, 5.74) is 1.22. The zero-order valence-corrected chi connectivity index (χ0v) is 18.7. The van der Waals surface area contributed by atoms with E-state index in [0.29, 0.717) is 29.7 Å². The Bertz CT molecular complexity index is 1270. The number of halogens is 4. The first-order valence-electron chi connectivity index (χ1n) is 10.6. The summed E-state index contributed by atoms with van der Waals surface area (Å²) in [5, 5.41) is 11.6. The molecule has 5 rings (SSSR count). The van der Waals surface area contributed by atoms with Crippen molar-refractivity contribution in [2.75, 3.05) is 31.1 Å². The molecule has 1 saturated heterocycles. The third-order valence-corrected chi connectivity index (χ3v) is 5.83. The molecule has 0 saturated carbocycles. The van der Waals surface area contributed by atoms with Gasteiger partial charge in [0, 0.05) is 37.7 Å². The second-order valence-corrected chi connectivity index (χ2v) is 8.38. The number of rotatable bonds is 5. The summed E-state index contributed by atoms with van der Waals surface area (Å²) >= 11 is 5.90. The van der Waals surface area contributed by atoms with Crippen molar-refractivity contribution in [2.45, 2.75) is 12.7 Å². The third-order valence-electron chi connectivity index (χ3n) is 5.58. The maximum atomic E-state index is 13.1. The lowest BCUT2D eigenvalue weighted by molar-refractivity contribution is -0.146. The smallest absolute Gasteiger partial charge is 0.453 e. The van der Waals surface area contributed by atoms with Crippen LogP contribution in [-0.4, -0.2) is 50.9 Å². The van der Waals surface area contributed by atoms with Gasteiger partial charge in [0.15, 0.2) is 5.65 Å². The number of ether oxygens (including phenoxy) is 1. The maximum Gasteiger partial charge on any atom is 0.453 e. The molecule has 1 aliphatic heterocycles. The Labute approximate surface area is 198 Å². The molecule has 2 aromatic heterocycles. The number of hydrogen-bond donors (Lipinski definition) is 0. The molecule has 0 aliphatic carbocycles. The summed E-state index contributed by atoms with van der Waals surface area (Å²) in [5.74, 6) is 0.811. The van der Waals surface area contributed by atoms with Crippen LogP contribution in [0.1, 0.15) is 11.4 Å². The van der Waals surface area contributed by atoms with Crippen LogP contribution in [0.15, 0.2) is 60.7 Å². The van der Waals surface area contributed by atoms with Crippen LogP contribution in [0.2, 0.25) is 5.02 Å². The van der Waals surface area contributed by atoms with Crippen LogP contribution in [0.3, 0.4) is 0 Å². The van der Waals surface area contributed by atoms with Gasteiger partial charge in [-0.3, -0.25) is 4.90 Å². The molecule has 0 atom stereocenters. The molecule has 1 aliphatic rings. The van der Waals surface area contributed by atoms with Gasteiger partial charge >= 0.3 is 6.18 Å².